The van der Waals surface area contributed by atoms with Gasteiger partial charge in [-0.15, -0.1) is 0 Å². The van der Waals surface area contributed by atoms with Gasteiger partial charge in [0.25, 0.3) is 0 Å². The fourth-order valence-corrected chi connectivity index (χ4v) is 5.68. The van der Waals surface area contributed by atoms with Gasteiger partial charge in [-0.25, -0.2) is 0 Å². The van der Waals surface area contributed by atoms with Crippen LogP contribution in [0.25, 0.3) is 0 Å². The molecule has 0 N–H and O–H groups in total. The zero-order valence-corrected chi connectivity index (χ0v) is 18.7. The third-order valence-corrected chi connectivity index (χ3v) is 9.62. The van der Waals surface area contributed by atoms with Crippen LogP contribution < -0.4 is 0 Å². The molecule has 0 saturated carbocycles. The molecule has 3 rings (SSSR count). The van der Waals surface area contributed by atoms with E-state index in [4.69, 9.17) is 0 Å². The summed E-state index contributed by atoms with van der Waals surface area (Å²) in [6, 6.07) is 0. The Hall–Kier alpha value is 0.778. The van der Waals surface area contributed by atoms with Crippen LogP contribution in [0.1, 0.15) is 38.5 Å². The van der Waals surface area contributed by atoms with Crippen molar-refractivity contribution in [3.05, 3.63) is 52.3 Å². The summed E-state index contributed by atoms with van der Waals surface area (Å²) < 4.78 is 5.58. The van der Waals surface area contributed by atoms with Crippen LogP contribution >= 0.6 is 0 Å². The first-order valence-electron chi connectivity index (χ1n) is 7.01. The van der Waals surface area contributed by atoms with Gasteiger partial charge >= 0.3 is 155 Å². The Morgan fingerprint density at radius 3 is 1.90 bits per heavy atom. The van der Waals surface area contributed by atoms with Crippen molar-refractivity contribution in [1.29, 1.82) is 0 Å². The predicted molar refractivity (Wildman–Crippen MR) is 93.5 cm³/mol. The fraction of sp³-hybridized carbons (Fsp3) is 0.375. The Morgan fingerprint density at radius 1 is 0.650 bits per heavy atom. The van der Waals surface area contributed by atoms with Gasteiger partial charge in [0.2, 0.25) is 0 Å². The monoisotopic (exact) mass is 530 g/mol. The van der Waals surface area contributed by atoms with Gasteiger partial charge in [0.05, 0.1) is 0 Å². The van der Waals surface area contributed by atoms with Crippen LogP contribution in [0.4, 0.5) is 0 Å². The van der Waals surface area contributed by atoms with E-state index < -0.39 is 0 Å². The van der Waals surface area contributed by atoms with Crippen LogP contribution in [0, 0.1) is 0 Å². The summed E-state index contributed by atoms with van der Waals surface area (Å²) in [4.78, 5) is 0. The Labute approximate surface area is 153 Å². The van der Waals surface area contributed by atoms with Crippen molar-refractivity contribution >= 4 is 64.1 Å². The van der Waals surface area contributed by atoms with E-state index in [0.29, 0.717) is 0 Å². The summed E-state index contributed by atoms with van der Waals surface area (Å²) in [5.41, 5.74) is 6.17. The molecule has 0 aromatic rings. The van der Waals surface area contributed by atoms with Crippen molar-refractivity contribution in [3.63, 3.8) is 0 Å². The minimum atomic E-state index is 1.25. The van der Waals surface area contributed by atoms with Gasteiger partial charge in [-0.3, -0.25) is 0 Å². The second-order valence-electron chi connectivity index (χ2n) is 5.42. The Bertz CT molecular complexity index is 614. The molecule has 20 heavy (non-hydrogen) atoms. The number of allylic oxidation sites excluding steroid dienone is 10. The molecule has 0 unspecified atom stereocenters. The molecular weight excluding hydrogens is 508 g/mol. The quantitative estimate of drug-likeness (QED) is 0.421. The number of hydrogen-bond acceptors (Lipinski definition) is 0. The van der Waals surface area contributed by atoms with Crippen LogP contribution in [0.2, 0.25) is 0 Å². The van der Waals surface area contributed by atoms with Crippen molar-refractivity contribution in [2.24, 2.45) is 0 Å². The molecule has 0 amide bonds. The first-order chi connectivity index (χ1) is 9.61. The van der Waals surface area contributed by atoms with Gasteiger partial charge in [0.15, 0.2) is 0 Å². The van der Waals surface area contributed by atoms with Crippen LogP contribution in [0.5, 0.6) is 0 Å². The van der Waals surface area contributed by atoms with Crippen molar-refractivity contribution in [2.75, 3.05) is 0 Å². The molecule has 0 bridgehead atoms. The average Bonchev–Trinajstić information content (AvgIpc) is 2.82. The molecule has 0 saturated heterocycles. The van der Waals surface area contributed by atoms with E-state index in [0.717, 1.165) is 0 Å². The van der Waals surface area contributed by atoms with E-state index in [-0.39, 0.29) is 0 Å². The topological polar surface area (TPSA) is 0 Å². The van der Waals surface area contributed by atoms with Crippen molar-refractivity contribution in [2.45, 2.75) is 38.5 Å². The maximum absolute atomic E-state index is 2.83. The summed E-state index contributed by atoms with van der Waals surface area (Å²) >= 11 is 11.1. The molecular formula is C16H18Se4. The summed E-state index contributed by atoms with van der Waals surface area (Å²) in [5.74, 6) is 0. The van der Waals surface area contributed by atoms with Gasteiger partial charge in [-0.2, -0.15) is 0 Å². The van der Waals surface area contributed by atoms with Crippen LogP contribution in [0.3, 0.4) is 0 Å². The summed E-state index contributed by atoms with van der Waals surface area (Å²) in [5, 5.41) is 0. The van der Waals surface area contributed by atoms with Crippen molar-refractivity contribution < 1.29 is 0 Å². The molecule has 3 aliphatic carbocycles. The van der Waals surface area contributed by atoms with E-state index in [1.54, 1.807) is 11.1 Å². The fourth-order valence-electron chi connectivity index (χ4n) is 3.15. The number of hydrogen-bond donors (Lipinski definition) is 0. The van der Waals surface area contributed by atoms with E-state index in [9.17, 15) is 0 Å². The molecule has 4 heteroatoms. The standard InChI is InChI=1S/C16H18Se4/c17-12-8-7-11(14(12)18)13-9-5-3-1-2-4-6-10(9)15(19)16(13)20/h7-8,17-20H,1-6H2. The zero-order valence-electron chi connectivity index (χ0n) is 11.2. The molecule has 0 atom stereocenters. The molecule has 0 aromatic heterocycles. The second kappa shape index (κ2) is 6.49. The Morgan fingerprint density at radius 2 is 1.30 bits per heavy atom. The van der Waals surface area contributed by atoms with Crippen molar-refractivity contribution in [1.82, 2.24) is 0 Å². The molecule has 0 nitrogen and oxygen atoms in total. The molecule has 0 aromatic carbocycles. The first-order valence-corrected chi connectivity index (χ1v) is 10.8. The zero-order chi connectivity index (χ0) is 14.3. The molecule has 106 valence electrons. The minimum absolute atomic E-state index is 1.25. The number of rotatable bonds is 0. The summed E-state index contributed by atoms with van der Waals surface area (Å²) in [6.45, 7) is 0. The SMILES string of the molecule is [SeH]C1=C([SeH])C(=C2C([SeH])=C([SeH])C3=C2CCCCCC3)C=C1. The van der Waals surface area contributed by atoms with Gasteiger partial charge in [-0.05, 0) is 0 Å². The van der Waals surface area contributed by atoms with Gasteiger partial charge in [-0.1, -0.05) is 0 Å². The molecule has 0 aliphatic heterocycles. The predicted octanol–water partition coefficient (Wildman–Crippen LogP) is 1.54. The molecule has 0 heterocycles. The third kappa shape index (κ3) is 2.71. The third-order valence-electron chi connectivity index (χ3n) is 4.19. The molecule has 0 fully saturated rings. The van der Waals surface area contributed by atoms with E-state index in [1.807, 2.05) is 0 Å². The Kier molecular flexibility index (Phi) is 5.08. The molecule has 3 aliphatic rings. The van der Waals surface area contributed by atoms with Crippen LogP contribution in [0.15, 0.2) is 52.3 Å². The van der Waals surface area contributed by atoms with Crippen molar-refractivity contribution in [3.8, 4) is 0 Å². The molecule has 0 spiro atoms. The van der Waals surface area contributed by atoms with Gasteiger partial charge in [0.1, 0.15) is 0 Å². The van der Waals surface area contributed by atoms with E-state index in [1.165, 1.54) is 67.6 Å². The second-order valence-corrected chi connectivity index (χ2v) is 9.25. The molecule has 0 radical (unpaired) electrons. The summed E-state index contributed by atoms with van der Waals surface area (Å²) in [7, 11) is 0. The normalized spacial score (nSPS) is 27.4. The van der Waals surface area contributed by atoms with E-state index >= 15 is 0 Å². The van der Waals surface area contributed by atoms with Gasteiger partial charge < -0.3 is 0 Å². The van der Waals surface area contributed by atoms with Crippen LogP contribution in [-0.4, -0.2) is 64.1 Å². The Balaban J connectivity index is 2.16. The first kappa shape index (κ1) is 15.7. The average molecular weight is 526 g/mol. The van der Waals surface area contributed by atoms with E-state index in [2.05, 4.69) is 76.2 Å². The summed E-state index contributed by atoms with van der Waals surface area (Å²) in [6.07, 6.45) is 12.5. The van der Waals surface area contributed by atoms with Crippen LogP contribution in [-0.2, 0) is 0 Å². The maximum atomic E-state index is 2.83. The van der Waals surface area contributed by atoms with Gasteiger partial charge in [0, 0.05) is 0 Å².